The van der Waals surface area contributed by atoms with Crippen molar-refractivity contribution in [2.75, 3.05) is 26.2 Å². The molecule has 0 unspecified atom stereocenters. The lowest BCUT2D eigenvalue weighted by Crippen LogP contribution is -2.47. The Balaban J connectivity index is 1.95. The molecule has 128 valence electrons. The average molecular weight is 351 g/mol. The molecule has 1 fully saturated rings. The van der Waals surface area contributed by atoms with Gasteiger partial charge in [0.1, 0.15) is 0 Å². The molecule has 9 heteroatoms. The highest BCUT2D eigenvalue weighted by Crippen LogP contribution is 2.22. The number of piperazine rings is 1. The zero-order valence-electron chi connectivity index (χ0n) is 12.9. The maximum absolute atomic E-state index is 12.7. The first-order chi connectivity index (χ1) is 11.5. The molecule has 1 aromatic heterocycles. The van der Waals surface area contributed by atoms with Gasteiger partial charge in [0.2, 0.25) is 16.4 Å². The van der Waals surface area contributed by atoms with Gasteiger partial charge in [0.15, 0.2) is 5.58 Å². The van der Waals surface area contributed by atoms with Gasteiger partial charge < -0.3 is 9.32 Å². The Morgan fingerprint density at radius 1 is 1.21 bits per heavy atom. The van der Waals surface area contributed by atoms with Gasteiger partial charge in [0.05, 0.1) is 10.4 Å². The van der Waals surface area contributed by atoms with Crippen LogP contribution in [0.2, 0.25) is 0 Å². The van der Waals surface area contributed by atoms with Gasteiger partial charge in [-0.25, -0.2) is 13.2 Å². The highest BCUT2D eigenvalue weighted by atomic mass is 32.2. The number of rotatable bonds is 5. The lowest BCUT2D eigenvalue weighted by atomic mass is 10.3. The molecule has 0 aliphatic carbocycles. The fraction of sp³-hybridized carbons (Fsp3) is 0.333. The van der Waals surface area contributed by atoms with Crippen LogP contribution in [0.25, 0.3) is 11.1 Å². The van der Waals surface area contributed by atoms with E-state index in [4.69, 9.17) is 4.42 Å². The molecule has 2 aromatic rings. The molecular weight excluding hydrogens is 334 g/mol. The number of amides is 1. The van der Waals surface area contributed by atoms with E-state index in [1.165, 1.54) is 25.9 Å². The van der Waals surface area contributed by atoms with E-state index in [0.717, 1.165) is 0 Å². The van der Waals surface area contributed by atoms with E-state index >= 15 is 0 Å². The SMILES string of the molecule is C=CCn1c(=O)oc2cc(S(=O)(=O)N3CCN(C=O)CC3)ccc21. The highest BCUT2D eigenvalue weighted by Gasteiger charge is 2.28. The molecule has 3 rings (SSSR count). The summed E-state index contributed by atoms with van der Waals surface area (Å²) < 4.78 is 33.3. The summed E-state index contributed by atoms with van der Waals surface area (Å²) in [5, 5.41) is 0. The lowest BCUT2D eigenvalue weighted by molar-refractivity contribution is -0.119. The molecule has 1 aliphatic heterocycles. The van der Waals surface area contributed by atoms with Crippen LogP contribution in [0.15, 0.2) is 45.0 Å². The van der Waals surface area contributed by atoms with Crippen LogP contribution in [0.5, 0.6) is 0 Å². The smallest absolute Gasteiger partial charge is 0.408 e. The molecule has 0 bridgehead atoms. The van der Waals surface area contributed by atoms with Gasteiger partial charge in [-0.15, -0.1) is 6.58 Å². The Morgan fingerprint density at radius 2 is 1.92 bits per heavy atom. The molecule has 1 aliphatic rings. The normalized spacial score (nSPS) is 16.4. The lowest BCUT2D eigenvalue weighted by Gasteiger charge is -2.31. The van der Waals surface area contributed by atoms with Crippen LogP contribution in [-0.4, -0.2) is 54.8 Å². The van der Waals surface area contributed by atoms with E-state index in [-0.39, 0.29) is 30.1 Å². The van der Waals surface area contributed by atoms with E-state index in [1.54, 1.807) is 12.1 Å². The van der Waals surface area contributed by atoms with Gasteiger partial charge in [-0.1, -0.05) is 6.08 Å². The monoisotopic (exact) mass is 351 g/mol. The van der Waals surface area contributed by atoms with Gasteiger partial charge in [-0.2, -0.15) is 4.31 Å². The molecule has 0 saturated carbocycles. The van der Waals surface area contributed by atoms with Gasteiger partial charge in [0, 0.05) is 38.8 Å². The minimum absolute atomic E-state index is 0.0639. The van der Waals surface area contributed by atoms with Crippen LogP contribution >= 0.6 is 0 Å². The third-order valence-corrected chi connectivity index (χ3v) is 5.91. The summed E-state index contributed by atoms with van der Waals surface area (Å²) in [4.78, 5) is 24.1. The second-order valence-corrected chi connectivity index (χ2v) is 7.38. The zero-order chi connectivity index (χ0) is 17.3. The van der Waals surface area contributed by atoms with Crippen LogP contribution in [-0.2, 0) is 21.4 Å². The molecule has 0 N–H and O–H groups in total. The number of benzene rings is 1. The van der Waals surface area contributed by atoms with Crippen molar-refractivity contribution < 1.29 is 17.6 Å². The summed E-state index contributed by atoms with van der Waals surface area (Å²) in [5.74, 6) is -0.556. The first kappa shape index (κ1) is 16.5. The maximum Gasteiger partial charge on any atom is 0.420 e. The Hall–Kier alpha value is -2.39. The van der Waals surface area contributed by atoms with E-state index in [9.17, 15) is 18.0 Å². The fourth-order valence-electron chi connectivity index (χ4n) is 2.71. The molecule has 24 heavy (non-hydrogen) atoms. The van der Waals surface area contributed by atoms with Crippen molar-refractivity contribution in [3.05, 3.63) is 41.4 Å². The van der Waals surface area contributed by atoms with Crippen molar-refractivity contribution in [1.82, 2.24) is 13.8 Å². The predicted octanol–water partition coefficient (Wildman–Crippen LogP) is 0.243. The predicted molar refractivity (Wildman–Crippen MR) is 87.1 cm³/mol. The average Bonchev–Trinajstić information content (AvgIpc) is 2.90. The van der Waals surface area contributed by atoms with Gasteiger partial charge in [-0.05, 0) is 12.1 Å². The standard InChI is InChI=1S/C15H17N3O5S/c1-2-5-18-13-4-3-12(10-14(13)23-15(18)20)24(21,22)17-8-6-16(11-19)7-9-17/h2-4,10-11H,1,5-9H2. The van der Waals surface area contributed by atoms with E-state index in [0.29, 0.717) is 25.0 Å². The van der Waals surface area contributed by atoms with E-state index < -0.39 is 15.8 Å². The number of hydrogen-bond donors (Lipinski definition) is 0. The quantitative estimate of drug-likeness (QED) is 0.568. The Morgan fingerprint density at radius 3 is 2.54 bits per heavy atom. The van der Waals surface area contributed by atoms with Crippen molar-refractivity contribution in [2.45, 2.75) is 11.4 Å². The number of oxazole rings is 1. The van der Waals surface area contributed by atoms with Crippen molar-refractivity contribution in [3.8, 4) is 0 Å². The number of fused-ring (bicyclic) bond motifs is 1. The molecular formula is C15H17N3O5S. The third kappa shape index (κ3) is 2.76. The van der Waals surface area contributed by atoms with E-state index in [2.05, 4.69) is 6.58 Å². The van der Waals surface area contributed by atoms with Gasteiger partial charge >= 0.3 is 5.76 Å². The van der Waals surface area contributed by atoms with Crippen LogP contribution in [0.4, 0.5) is 0 Å². The summed E-state index contributed by atoms with van der Waals surface area (Å²) in [6.45, 7) is 5.05. The van der Waals surface area contributed by atoms with E-state index in [1.807, 2.05) is 0 Å². The maximum atomic E-state index is 12.7. The molecule has 0 atom stereocenters. The van der Waals surface area contributed by atoms with Crippen molar-refractivity contribution >= 4 is 27.5 Å². The van der Waals surface area contributed by atoms with Crippen LogP contribution in [0, 0.1) is 0 Å². The fourth-order valence-corrected chi connectivity index (χ4v) is 4.15. The number of nitrogens with zero attached hydrogens (tertiary/aromatic N) is 3. The number of carbonyl (C=O) groups is 1. The molecule has 2 heterocycles. The van der Waals surface area contributed by atoms with Crippen LogP contribution in [0.1, 0.15) is 0 Å². The van der Waals surface area contributed by atoms with Crippen molar-refractivity contribution in [2.24, 2.45) is 0 Å². The van der Waals surface area contributed by atoms with Crippen LogP contribution < -0.4 is 5.76 Å². The summed E-state index contributed by atoms with van der Waals surface area (Å²) in [6.07, 6.45) is 2.28. The molecule has 1 aromatic carbocycles. The van der Waals surface area contributed by atoms with Gasteiger partial charge in [0.25, 0.3) is 0 Å². The molecule has 8 nitrogen and oxygen atoms in total. The largest absolute Gasteiger partial charge is 0.420 e. The second kappa shape index (κ2) is 6.25. The van der Waals surface area contributed by atoms with Crippen molar-refractivity contribution in [3.63, 3.8) is 0 Å². The second-order valence-electron chi connectivity index (χ2n) is 5.44. The Kier molecular flexibility index (Phi) is 4.29. The Labute approximate surface area is 138 Å². The van der Waals surface area contributed by atoms with Crippen molar-refractivity contribution in [1.29, 1.82) is 0 Å². The number of aromatic nitrogens is 1. The Bertz CT molecular complexity index is 936. The molecule has 0 radical (unpaired) electrons. The minimum Gasteiger partial charge on any atom is -0.408 e. The summed E-state index contributed by atoms with van der Waals surface area (Å²) in [5.41, 5.74) is 0.735. The zero-order valence-corrected chi connectivity index (χ0v) is 13.7. The molecule has 1 saturated heterocycles. The first-order valence-electron chi connectivity index (χ1n) is 7.41. The first-order valence-corrected chi connectivity index (χ1v) is 8.85. The molecule has 0 spiro atoms. The van der Waals surface area contributed by atoms with Crippen LogP contribution in [0.3, 0.4) is 0 Å². The number of hydrogen-bond acceptors (Lipinski definition) is 5. The number of allylic oxidation sites excluding steroid dienone is 1. The summed E-state index contributed by atoms with van der Waals surface area (Å²) in [7, 11) is -3.70. The topological polar surface area (TPSA) is 92.8 Å². The third-order valence-electron chi connectivity index (χ3n) is 4.01. The number of sulfonamides is 1. The minimum atomic E-state index is -3.70. The molecule has 1 amide bonds. The summed E-state index contributed by atoms with van der Waals surface area (Å²) in [6, 6.07) is 4.37. The number of carbonyl (C=O) groups excluding carboxylic acids is 1. The van der Waals surface area contributed by atoms with Gasteiger partial charge in [-0.3, -0.25) is 9.36 Å². The summed E-state index contributed by atoms with van der Waals surface area (Å²) >= 11 is 0. The highest BCUT2D eigenvalue weighted by molar-refractivity contribution is 7.89.